The number of piperidine rings is 1. The lowest BCUT2D eigenvalue weighted by molar-refractivity contribution is -0.148. The topological polar surface area (TPSA) is 63.7 Å². The van der Waals surface area contributed by atoms with Crippen LogP contribution in [0.15, 0.2) is 32.0 Å². The van der Waals surface area contributed by atoms with E-state index in [0.29, 0.717) is 17.4 Å². The van der Waals surface area contributed by atoms with Crippen molar-refractivity contribution in [2.24, 2.45) is 0 Å². The monoisotopic (exact) mass is 453 g/mol. The summed E-state index contributed by atoms with van der Waals surface area (Å²) in [5.41, 5.74) is 0. The Balaban J connectivity index is 2.38. The van der Waals surface area contributed by atoms with Gasteiger partial charge in [0.15, 0.2) is 0 Å². The summed E-state index contributed by atoms with van der Waals surface area (Å²) in [5.74, 6) is -0.473. The maximum atomic E-state index is 12.9. The van der Waals surface area contributed by atoms with Crippen molar-refractivity contribution >= 4 is 47.9 Å². The van der Waals surface area contributed by atoms with Gasteiger partial charge in [-0.1, -0.05) is 15.9 Å². The first kappa shape index (κ1) is 17.9. The van der Waals surface area contributed by atoms with E-state index in [9.17, 15) is 13.2 Å². The Morgan fingerprint density at radius 3 is 2.73 bits per heavy atom. The molecule has 1 aromatic rings. The minimum absolute atomic E-state index is 0.159. The molecule has 0 amide bonds. The van der Waals surface area contributed by atoms with Gasteiger partial charge in [-0.15, -0.1) is 0 Å². The average Bonchev–Trinajstić information content (AvgIpc) is 2.47. The lowest BCUT2D eigenvalue weighted by Crippen LogP contribution is -2.48. The van der Waals surface area contributed by atoms with Crippen LogP contribution in [0.5, 0.6) is 0 Å². The van der Waals surface area contributed by atoms with Gasteiger partial charge in [0.1, 0.15) is 6.04 Å². The third-order valence-corrected chi connectivity index (χ3v) is 6.87. The number of carbonyl (C=O) groups excluding carboxylic acids is 1. The molecular formula is C14H17Br2NO4S. The van der Waals surface area contributed by atoms with Gasteiger partial charge in [-0.3, -0.25) is 4.79 Å². The van der Waals surface area contributed by atoms with Crippen LogP contribution in [0.3, 0.4) is 0 Å². The number of hydrogen-bond donors (Lipinski definition) is 0. The second-order valence-corrected chi connectivity index (χ2v) is 8.58. The van der Waals surface area contributed by atoms with Crippen LogP contribution >= 0.6 is 31.9 Å². The van der Waals surface area contributed by atoms with Crippen molar-refractivity contribution < 1.29 is 17.9 Å². The molecule has 0 radical (unpaired) electrons. The predicted molar refractivity (Wildman–Crippen MR) is 90.0 cm³/mol. The van der Waals surface area contributed by atoms with Crippen molar-refractivity contribution in [1.29, 1.82) is 0 Å². The van der Waals surface area contributed by atoms with Gasteiger partial charge in [0.2, 0.25) is 10.0 Å². The second kappa shape index (κ2) is 7.42. The molecule has 1 heterocycles. The molecule has 0 bridgehead atoms. The normalized spacial score (nSPS) is 19.9. The van der Waals surface area contributed by atoms with E-state index in [2.05, 4.69) is 31.9 Å². The Kier molecular flexibility index (Phi) is 6.04. The summed E-state index contributed by atoms with van der Waals surface area (Å²) < 4.78 is 33.4. The van der Waals surface area contributed by atoms with Gasteiger partial charge in [0, 0.05) is 15.5 Å². The minimum Gasteiger partial charge on any atom is -0.465 e. The molecule has 0 N–H and O–H groups in total. The van der Waals surface area contributed by atoms with Crippen molar-refractivity contribution in [2.75, 3.05) is 13.2 Å². The van der Waals surface area contributed by atoms with E-state index < -0.39 is 22.0 Å². The highest BCUT2D eigenvalue weighted by molar-refractivity contribution is 9.11. The summed E-state index contributed by atoms with van der Waals surface area (Å²) in [6.07, 6.45) is 2.05. The van der Waals surface area contributed by atoms with Crippen molar-refractivity contribution in [1.82, 2.24) is 4.31 Å². The second-order valence-electron chi connectivity index (χ2n) is 4.95. The van der Waals surface area contributed by atoms with Gasteiger partial charge in [-0.2, -0.15) is 4.31 Å². The molecule has 0 spiro atoms. The molecule has 1 saturated heterocycles. The summed E-state index contributed by atoms with van der Waals surface area (Å²) in [6, 6.07) is 4.13. The molecule has 1 aliphatic heterocycles. The maximum absolute atomic E-state index is 12.9. The summed E-state index contributed by atoms with van der Waals surface area (Å²) >= 11 is 6.59. The Labute approximate surface area is 147 Å². The number of carbonyl (C=O) groups is 1. The largest absolute Gasteiger partial charge is 0.465 e. The fraction of sp³-hybridized carbons (Fsp3) is 0.500. The first-order valence-electron chi connectivity index (χ1n) is 7.01. The van der Waals surface area contributed by atoms with Gasteiger partial charge in [0.25, 0.3) is 0 Å². The molecule has 1 aliphatic rings. The standard InChI is InChI=1S/C14H17Br2NO4S/c1-2-21-14(18)12-5-3-4-8-17(12)22(19,20)13-7-6-10(15)9-11(13)16/h6-7,9,12H,2-5,8H2,1H3. The molecule has 1 aromatic carbocycles. The first-order chi connectivity index (χ1) is 10.4. The van der Waals surface area contributed by atoms with Gasteiger partial charge >= 0.3 is 5.97 Å². The molecule has 0 saturated carbocycles. The fourth-order valence-electron chi connectivity index (χ4n) is 2.48. The molecule has 2 rings (SSSR count). The Bertz CT molecular complexity index is 663. The van der Waals surface area contributed by atoms with E-state index in [1.807, 2.05) is 0 Å². The molecule has 122 valence electrons. The minimum atomic E-state index is -3.76. The smallest absolute Gasteiger partial charge is 0.324 e. The fourth-order valence-corrected chi connectivity index (χ4v) is 5.83. The molecule has 8 heteroatoms. The SMILES string of the molecule is CCOC(=O)C1CCCCN1S(=O)(=O)c1ccc(Br)cc1Br. The number of sulfonamides is 1. The number of benzene rings is 1. The number of esters is 1. The zero-order valence-electron chi connectivity index (χ0n) is 12.1. The molecule has 1 atom stereocenters. The van der Waals surface area contributed by atoms with E-state index in [0.717, 1.165) is 17.3 Å². The third kappa shape index (κ3) is 3.72. The number of hydrogen-bond acceptors (Lipinski definition) is 4. The van der Waals surface area contributed by atoms with Crippen molar-refractivity contribution in [2.45, 2.75) is 37.1 Å². The molecular weight excluding hydrogens is 438 g/mol. The van der Waals surface area contributed by atoms with Gasteiger partial charge in [0.05, 0.1) is 11.5 Å². The predicted octanol–water partition coefficient (Wildman–Crippen LogP) is 3.32. The molecule has 0 aliphatic carbocycles. The quantitative estimate of drug-likeness (QED) is 0.654. The summed E-state index contributed by atoms with van der Waals surface area (Å²) in [4.78, 5) is 12.2. The van der Waals surface area contributed by atoms with Crippen LogP contribution in [0.25, 0.3) is 0 Å². The molecule has 1 fully saturated rings. The van der Waals surface area contributed by atoms with Crippen LogP contribution < -0.4 is 0 Å². The molecule has 0 aromatic heterocycles. The zero-order valence-corrected chi connectivity index (χ0v) is 16.1. The molecule has 22 heavy (non-hydrogen) atoms. The number of rotatable bonds is 4. The summed E-state index contributed by atoms with van der Waals surface area (Å²) in [7, 11) is -3.76. The van der Waals surface area contributed by atoms with E-state index >= 15 is 0 Å². The zero-order chi connectivity index (χ0) is 16.3. The van der Waals surface area contributed by atoms with E-state index in [1.165, 1.54) is 10.4 Å². The van der Waals surface area contributed by atoms with E-state index in [4.69, 9.17) is 4.74 Å². The van der Waals surface area contributed by atoms with Crippen LogP contribution in [0.1, 0.15) is 26.2 Å². The van der Waals surface area contributed by atoms with Crippen LogP contribution in [0.4, 0.5) is 0 Å². The van der Waals surface area contributed by atoms with Crippen molar-refractivity contribution in [3.05, 3.63) is 27.1 Å². The summed E-state index contributed by atoms with van der Waals surface area (Å²) in [6.45, 7) is 2.28. The van der Waals surface area contributed by atoms with Gasteiger partial charge in [-0.05, 0) is 60.3 Å². The number of halogens is 2. The Morgan fingerprint density at radius 1 is 1.36 bits per heavy atom. The Hall–Kier alpha value is -0.440. The van der Waals surface area contributed by atoms with E-state index in [-0.39, 0.29) is 11.5 Å². The summed E-state index contributed by atoms with van der Waals surface area (Å²) in [5, 5.41) is 0. The van der Waals surface area contributed by atoms with Crippen LogP contribution in [-0.4, -0.2) is 37.9 Å². The third-order valence-electron chi connectivity index (χ3n) is 3.49. The van der Waals surface area contributed by atoms with E-state index in [1.54, 1.807) is 19.1 Å². The average molecular weight is 455 g/mol. The van der Waals surface area contributed by atoms with Crippen molar-refractivity contribution in [3.63, 3.8) is 0 Å². The van der Waals surface area contributed by atoms with Crippen LogP contribution in [0.2, 0.25) is 0 Å². The van der Waals surface area contributed by atoms with Gasteiger partial charge in [-0.25, -0.2) is 8.42 Å². The van der Waals surface area contributed by atoms with Crippen LogP contribution in [0, 0.1) is 0 Å². The lowest BCUT2D eigenvalue weighted by atomic mass is 10.1. The first-order valence-corrected chi connectivity index (χ1v) is 10.0. The highest BCUT2D eigenvalue weighted by atomic mass is 79.9. The Morgan fingerprint density at radius 2 is 2.09 bits per heavy atom. The maximum Gasteiger partial charge on any atom is 0.324 e. The highest BCUT2D eigenvalue weighted by Gasteiger charge is 2.39. The molecule has 5 nitrogen and oxygen atoms in total. The molecule has 1 unspecified atom stereocenters. The van der Waals surface area contributed by atoms with Gasteiger partial charge < -0.3 is 4.74 Å². The van der Waals surface area contributed by atoms with Crippen LogP contribution in [-0.2, 0) is 19.6 Å². The van der Waals surface area contributed by atoms with Crippen molar-refractivity contribution in [3.8, 4) is 0 Å². The highest BCUT2D eigenvalue weighted by Crippen LogP contribution is 2.31. The lowest BCUT2D eigenvalue weighted by Gasteiger charge is -2.33. The number of nitrogens with zero attached hydrogens (tertiary/aromatic N) is 1. The number of ether oxygens (including phenoxy) is 1.